The van der Waals surface area contributed by atoms with Crippen LogP contribution in [0, 0.1) is 0 Å². The molecule has 0 unspecified atom stereocenters. The van der Waals surface area contributed by atoms with E-state index in [9.17, 15) is 4.79 Å². The van der Waals surface area contributed by atoms with E-state index in [1.54, 1.807) is 6.07 Å². The van der Waals surface area contributed by atoms with Crippen molar-refractivity contribution in [2.45, 2.75) is 0 Å². The van der Waals surface area contributed by atoms with Crippen LogP contribution < -0.4 is 4.90 Å². The number of furan rings is 1. The molecule has 8 nitrogen and oxygen atoms in total. The van der Waals surface area contributed by atoms with Crippen molar-refractivity contribution in [2.75, 3.05) is 31.1 Å². The van der Waals surface area contributed by atoms with E-state index < -0.39 is 0 Å². The third kappa shape index (κ3) is 3.39. The minimum atomic E-state index is -0.0221. The van der Waals surface area contributed by atoms with Gasteiger partial charge in [-0.05, 0) is 42.5 Å². The molecule has 9 heteroatoms. The van der Waals surface area contributed by atoms with Crippen molar-refractivity contribution in [3.63, 3.8) is 0 Å². The van der Waals surface area contributed by atoms with Crippen molar-refractivity contribution in [2.24, 2.45) is 0 Å². The number of anilines is 1. The second-order valence-electron chi connectivity index (χ2n) is 7.91. The molecular weight excluding hydrogens is 440 g/mol. The fraction of sp³-hybridized carbons (Fsp3) is 0.167. The lowest BCUT2D eigenvalue weighted by Crippen LogP contribution is -2.49. The van der Waals surface area contributed by atoms with E-state index in [4.69, 9.17) is 21.0 Å². The molecule has 33 heavy (non-hydrogen) atoms. The molecule has 164 valence electrons. The summed E-state index contributed by atoms with van der Waals surface area (Å²) in [5.41, 5.74) is 3.07. The van der Waals surface area contributed by atoms with E-state index in [2.05, 4.69) is 15.1 Å². The molecule has 0 atom stereocenters. The molecule has 0 N–H and O–H groups in total. The van der Waals surface area contributed by atoms with Crippen molar-refractivity contribution in [1.29, 1.82) is 0 Å². The van der Waals surface area contributed by atoms with Crippen molar-refractivity contribution < 1.29 is 9.21 Å². The van der Waals surface area contributed by atoms with Crippen LogP contribution in [-0.2, 0) is 0 Å². The number of para-hydroxylation sites is 1. The number of benzene rings is 2. The SMILES string of the molecule is O=C(c1ccoc1)N1CCN(c2nc3ccccc3c3nnc(-c4ccc(Cl)cc4)n23)CC1. The highest BCUT2D eigenvalue weighted by Crippen LogP contribution is 2.29. The number of piperazine rings is 1. The zero-order valence-corrected chi connectivity index (χ0v) is 18.3. The summed E-state index contributed by atoms with van der Waals surface area (Å²) < 4.78 is 7.07. The first-order chi connectivity index (χ1) is 16.2. The van der Waals surface area contributed by atoms with Crippen molar-refractivity contribution in [1.82, 2.24) is 24.5 Å². The first kappa shape index (κ1) is 19.8. The third-order valence-corrected chi connectivity index (χ3v) is 6.20. The van der Waals surface area contributed by atoms with Crippen LogP contribution >= 0.6 is 11.6 Å². The van der Waals surface area contributed by atoms with Gasteiger partial charge in [0.05, 0.1) is 17.3 Å². The van der Waals surface area contributed by atoms with Crippen LogP contribution in [0.15, 0.2) is 71.5 Å². The first-order valence-electron chi connectivity index (χ1n) is 10.7. The standard InChI is InChI=1S/C24H19ClN6O2/c25-18-7-5-16(6-8-18)21-27-28-22-19-3-1-2-4-20(19)26-24(31(21)22)30-12-10-29(11-13-30)23(32)17-9-14-33-15-17/h1-9,14-15H,10-13H2. The van der Waals surface area contributed by atoms with E-state index in [0.717, 1.165) is 28.1 Å². The molecule has 3 aromatic heterocycles. The monoisotopic (exact) mass is 458 g/mol. The average Bonchev–Trinajstić information content (AvgIpc) is 3.55. The molecule has 1 aliphatic heterocycles. The number of rotatable bonds is 3. The van der Waals surface area contributed by atoms with E-state index in [-0.39, 0.29) is 5.91 Å². The topological polar surface area (TPSA) is 79.8 Å². The lowest BCUT2D eigenvalue weighted by molar-refractivity contribution is 0.0745. The van der Waals surface area contributed by atoms with Gasteiger partial charge in [0.2, 0.25) is 5.95 Å². The van der Waals surface area contributed by atoms with E-state index in [1.807, 2.05) is 57.8 Å². The maximum absolute atomic E-state index is 12.7. The maximum Gasteiger partial charge on any atom is 0.257 e. The van der Waals surface area contributed by atoms with Gasteiger partial charge in [-0.15, -0.1) is 10.2 Å². The van der Waals surface area contributed by atoms with Gasteiger partial charge in [-0.25, -0.2) is 9.38 Å². The van der Waals surface area contributed by atoms with Crippen molar-refractivity contribution in [3.8, 4) is 11.4 Å². The molecule has 5 aromatic rings. The van der Waals surface area contributed by atoms with Gasteiger partial charge >= 0.3 is 0 Å². The summed E-state index contributed by atoms with van der Waals surface area (Å²) >= 11 is 6.10. The van der Waals surface area contributed by atoms with Gasteiger partial charge < -0.3 is 14.2 Å². The summed E-state index contributed by atoms with van der Waals surface area (Å²) in [6.07, 6.45) is 3.00. The Morgan fingerprint density at radius 1 is 0.939 bits per heavy atom. The summed E-state index contributed by atoms with van der Waals surface area (Å²) in [7, 11) is 0. The molecule has 4 heterocycles. The summed E-state index contributed by atoms with van der Waals surface area (Å²) in [6.45, 7) is 2.45. The lowest BCUT2D eigenvalue weighted by Gasteiger charge is -2.35. The number of nitrogens with zero attached hydrogens (tertiary/aromatic N) is 6. The van der Waals surface area contributed by atoms with Crippen LogP contribution in [0.5, 0.6) is 0 Å². The van der Waals surface area contributed by atoms with E-state index in [1.165, 1.54) is 12.5 Å². The zero-order chi connectivity index (χ0) is 22.4. The van der Waals surface area contributed by atoms with Gasteiger partial charge in [-0.3, -0.25) is 4.79 Å². The Balaban J connectivity index is 1.41. The molecule has 0 bridgehead atoms. The molecule has 0 saturated carbocycles. The fourth-order valence-corrected chi connectivity index (χ4v) is 4.37. The van der Waals surface area contributed by atoms with Gasteiger partial charge in [0.15, 0.2) is 11.5 Å². The highest BCUT2D eigenvalue weighted by Gasteiger charge is 2.26. The Morgan fingerprint density at radius 2 is 1.73 bits per heavy atom. The van der Waals surface area contributed by atoms with Crippen LogP contribution in [0.4, 0.5) is 5.95 Å². The molecule has 0 radical (unpaired) electrons. The molecule has 1 aliphatic rings. The fourth-order valence-electron chi connectivity index (χ4n) is 4.24. The lowest BCUT2D eigenvalue weighted by atomic mass is 10.2. The Labute approximate surface area is 194 Å². The van der Waals surface area contributed by atoms with Crippen LogP contribution in [0.1, 0.15) is 10.4 Å². The Bertz CT molecular complexity index is 1450. The minimum absolute atomic E-state index is 0.0221. The normalized spacial score (nSPS) is 14.3. The molecular formula is C24H19ClN6O2. The molecule has 0 aliphatic carbocycles. The number of halogens is 1. The van der Waals surface area contributed by atoms with Gasteiger partial charge in [0.1, 0.15) is 6.26 Å². The molecule has 6 rings (SSSR count). The minimum Gasteiger partial charge on any atom is -0.472 e. The average molecular weight is 459 g/mol. The van der Waals surface area contributed by atoms with Gasteiger partial charge in [0, 0.05) is 42.2 Å². The summed E-state index contributed by atoms with van der Waals surface area (Å²) in [5.74, 6) is 1.44. The smallest absolute Gasteiger partial charge is 0.257 e. The van der Waals surface area contributed by atoms with E-state index >= 15 is 0 Å². The second kappa shape index (κ2) is 7.90. The Morgan fingerprint density at radius 3 is 2.48 bits per heavy atom. The van der Waals surface area contributed by atoms with Gasteiger partial charge in [-0.1, -0.05) is 23.7 Å². The predicted octanol–water partition coefficient (Wildman–Crippen LogP) is 4.15. The molecule has 0 spiro atoms. The second-order valence-corrected chi connectivity index (χ2v) is 8.35. The van der Waals surface area contributed by atoms with Crippen LogP contribution in [0.25, 0.3) is 27.9 Å². The summed E-state index contributed by atoms with van der Waals surface area (Å²) in [6, 6.07) is 17.2. The van der Waals surface area contributed by atoms with Crippen molar-refractivity contribution >= 4 is 40.0 Å². The number of carbonyl (C=O) groups excluding carboxylic acids is 1. The molecule has 1 amide bonds. The highest BCUT2D eigenvalue weighted by atomic mass is 35.5. The quantitative estimate of drug-likeness (QED) is 0.404. The number of amides is 1. The van der Waals surface area contributed by atoms with Crippen molar-refractivity contribution in [3.05, 3.63) is 77.7 Å². The van der Waals surface area contributed by atoms with Gasteiger partial charge in [0.25, 0.3) is 5.91 Å². The highest BCUT2D eigenvalue weighted by molar-refractivity contribution is 6.30. The summed E-state index contributed by atoms with van der Waals surface area (Å²) in [5, 5.41) is 10.6. The van der Waals surface area contributed by atoms with Crippen LogP contribution in [0.2, 0.25) is 5.02 Å². The molecule has 1 saturated heterocycles. The maximum atomic E-state index is 12.7. The first-order valence-corrected chi connectivity index (χ1v) is 11.0. The zero-order valence-electron chi connectivity index (χ0n) is 17.6. The Hall–Kier alpha value is -3.91. The number of fused-ring (bicyclic) bond motifs is 3. The predicted molar refractivity (Wildman–Crippen MR) is 126 cm³/mol. The number of aromatic nitrogens is 4. The number of carbonyl (C=O) groups is 1. The molecule has 1 fully saturated rings. The third-order valence-electron chi connectivity index (χ3n) is 5.95. The largest absolute Gasteiger partial charge is 0.472 e. The molecule has 2 aromatic carbocycles. The van der Waals surface area contributed by atoms with Crippen LogP contribution in [0.3, 0.4) is 0 Å². The Kier molecular flexibility index (Phi) is 4.73. The summed E-state index contributed by atoms with van der Waals surface area (Å²) in [4.78, 5) is 21.7. The van der Waals surface area contributed by atoms with Gasteiger partial charge in [-0.2, -0.15) is 0 Å². The van der Waals surface area contributed by atoms with Crippen LogP contribution in [-0.4, -0.2) is 56.6 Å². The van der Waals surface area contributed by atoms with E-state index in [0.29, 0.717) is 42.6 Å². The number of hydrogen-bond donors (Lipinski definition) is 0. The number of hydrogen-bond acceptors (Lipinski definition) is 6.